The fourth-order valence-corrected chi connectivity index (χ4v) is 3.36. The molecule has 0 amide bonds. The molecule has 0 N–H and O–H groups in total. The van der Waals surface area contributed by atoms with Gasteiger partial charge in [0.05, 0.1) is 4.88 Å². The molecule has 0 aliphatic carbocycles. The van der Waals surface area contributed by atoms with Gasteiger partial charge in [-0.25, -0.2) is 9.37 Å². The molecule has 0 radical (unpaired) electrons. The Morgan fingerprint density at radius 3 is 2.63 bits per heavy atom. The maximum Gasteiger partial charge on any atom is 0.302 e. The number of hydrogen-bond acceptors (Lipinski definition) is 6. The van der Waals surface area contributed by atoms with Gasteiger partial charge in [0.1, 0.15) is 23.8 Å². The Hall–Kier alpha value is -3.00. The molecule has 0 aliphatic heterocycles. The molecule has 0 saturated heterocycles. The summed E-state index contributed by atoms with van der Waals surface area (Å²) in [5, 5.41) is 0. The van der Waals surface area contributed by atoms with Crippen molar-refractivity contribution in [2.24, 2.45) is 0 Å². The predicted octanol–water partition coefficient (Wildman–Crippen LogP) is 3.52. The van der Waals surface area contributed by atoms with Crippen molar-refractivity contribution in [3.05, 3.63) is 59.1 Å². The molecule has 0 spiro atoms. The van der Waals surface area contributed by atoms with Crippen LogP contribution < -0.4 is 0 Å². The van der Waals surface area contributed by atoms with Crippen molar-refractivity contribution in [1.29, 1.82) is 0 Å². The second-order valence-electron chi connectivity index (χ2n) is 6.09. The first-order valence-corrected chi connectivity index (χ1v) is 8.96. The Morgan fingerprint density at radius 1 is 1.30 bits per heavy atom. The molecule has 0 atom stereocenters. The number of benzene rings is 1. The first-order valence-electron chi connectivity index (χ1n) is 8.14. The van der Waals surface area contributed by atoms with E-state index in [2.05, 4.69) is 4.98 Å². The number of ketones is 1. The summed E-state index contributed by atoms with van der Waals surface area (Å²) in [6.07, 6.45) is 4.85. The Balaban J connectivity index is 2.09. The lowest BCUT2D eigenvalue weighted by atomic mass is 10.1. The van der Waals surface area contributed by atoms with Crippen molar-refractivity contribution in [1.82, 2.24) is 14.3 Å². The van der Waals surface area contributed by atoms with Gasteiger partial charge in [0.15, 0.2) is 4.96 Å². The molecule has 0 fully saturated rings. The zero-order valence-corrected chi connectivity index (χ0v) is 15.9. The van der Waals surface area contributed by atoms with E-state index in [0.29, 0.717) is 21.9 Å². The zero-order chi connectivity index (χ0) is 19.6. The topological polar surface area (TPSA) is 63.9 Å². The molecule has 0 aliphatic rings. The van der Waals surface area contributed by atoms with Gasteiger partial charge in [-0.3, -0.25) is 14.0 Å². The zero-order valence-electron chi connectivity index (χ0n) is 15.1. The van der Waals surface area contributed by atoms with Crippen LogP contribution in [0.15, 0.2) is 42.7 Å². The maximum atomic E-state index is 13.3. The minimum absolute atomic E-state index is 0.121. The number of aromatic nitrogens is 2. The number of esters is 1. The Labute approximate surface area is 159 Å². The van der Waals surface area contributed by atoms with Crippen molar-refractivity contribution in [2.45, 2.75) is 13.5 Å². The SMILES string of the molecule is CC(=O)OCc1cn2c(C(=O)/C=C/N(C)C)c(-c3ccc(F)cc3)nc2s1. The molecule has 0 bridgehead atoms. The second-order valence-corrected chi connectivity index (χ2v) is 7.18. The monoisotopic (exact) mass is 387 g/mol. The number of fused-ring (bicyclic) bond motifs is 1. The van der Waals surface area contributed by atoms with Gasteiger partial charge in [0.2, 0.25) is 5.78 Å². The average Bonchev–Trinajstić information content (AvgIpc) is 3.15. The average molecular weight is 387 g/mol. The highest BCUT2D eigenvalue weighted by molar-refractivity contribution is 7.17. The van der Waals surface area contributed by atoms with Gasteiger partial charge in [-0.1, -0.05) is 11.3 Å². The summed E-state index contributed by atoms with van der Waals surface area (Å²) in [6.45, 7) is 1.46. The minimum Gasteiger partial charge on any atom is -0.460 e. The summed E-state index contributed by atoms with van der Waals surface area (Å²) < 4.78 is 20.0. The highest BCUT2D eigenvalue weighted by Crippen LogP contribution is 2.29. The number of carbonyl (C=O) groups excluding carboxylic acids is 2. The van der Waals surface area contributed by atoms with Crippen molar-refractivity contribution < 1.29 is 18.7 Å². The number of nitrogens with zero attached hydrogens (tertiary/aromatic N) is 3. The lowest BCUT2D eigenvalue weighted by Crippen LogP contribution is -2.06. The van der Waals surface area contributed by atoms with Gasteiger partial charge < -0.3 is 9.64 Å². The van der Waals surface area contributed by atoms with Gasteiger partial charge in [-0.2, -0.15) is 0 Å². The molecule has 2 aromatic heterocycles. The Morgan fingerprint density at radius 2 is 2.00 bits per heavy atom. The first-order chi connectivity index (χ1) is 12.8. The highest BCUT2D eigenvalue weighted by atomic mass is 32.1. The van der Waals surface area contributed by atoms with Crippen LogP contribution in [0, 0.1) is 5.82 Å². The maximum absolute atomic E-state index is 13.3. The van der Waals surface area contributed by atoms with Crippen LogP contribution in [0.1, 0.15) is 22.3 Å². The van der Waals surface area contributed by atoms with Crippen molar-refractivity contribution in [2.75, 3.05) is 14.1 Å². The summed E-state index contributed by atoms with van der Waals surface area (Å²) in [4.78, 5) is 31.5. The Bertz CT molecular complexity index is 1020. The third-order valence-corrected chi connectivity index (χ3v) is 4.62. The molecule has 0 unspecified atom stereocenters. The van der Waals surface area contributed by atoms with Gasteiger partial charge in [-0.15, -0.1) is 0 Å². The van der Waals surface area contributed by atoms with Crippen LogP contribution in [-0.2, 0) is 16.1 Å². The van der Waals surface area contributed by atoms with Gasteiger partial charge in [0.25, 0.3) is 0 Å². The van der Waals surface area contributed by atoms with Gasteiger partial charge in [-0.05, 0) is 24.3 Å². The second kappa shape index (κ2) is 7.71. The molecular weight excluding hydrogens is 369 g/mol. The van der Waals surface area contributed by atoms with E-state index in [-0.39, 0.29) is 24.2 Å². The third-order valence-electron chi connectivity index (χ3n) is 3.67. The molecule has 1 aromatic carbocycles. The van der Waals surface area contributed by atoms with E-state index in [1.54, 1.807) is 33.8 Å². The number of carbonyl (C=O) groups is 2. The van der Waals surface area contributed by atoms with Crippen LogP contribution >= 0.6 is 11.3 Å². The van der Waals surface area contributed by atoms with E-state index in [9.17, 15) is 14.0 Å². The fraction of sp³-hybridized carbons (Fsp3) is 0.211. The summed E-state index contributed by atoms with van der Waals surface area (Å²) >= 11 is 1.33. The quantitative estimate of drug-likeness (QED) is 0.368. The number of allylic oxidation sites excluding steroid dienone is 1. The lowest BCUT2D eigenvalue weighted by molar-refractivity contribution is -0.142. The van der Waals surface area contributed by atoms with Crippen LogP contribution in [0.25, 0.3) is 16.2 Å². The van der Waals surface area contributed by atoms with Crippen molar-refractivity contribution in [3.63, 3.8) is 0 Å². The molecule has 3 rings (SSSR count). The number of rotatable bonds is 6. The predicted molar refractivity (Wildman–Crippen MR) is 101 cm³/mol. The smallest absolute Gasteiger partial charge is 0.302 e. The number of ether oxygens (including phenoxy) is 1. The first kappa shape index (κ1) is 18.8. The third kappa shape index (κ3) is 4.22. The normalized spacial score (nSPS) is 11.3. The highest BCUT2D eigenvalue weighted by Gasteiger charge is 2.21. The number of halogens is 1. The summed E-state index contributed by atoms with van der Waals surface area (Å²) in [5.41, 5.74) is 1.50. The molecule has 8 heteroatoms. The van der Waals surface area contributed by atoms with Crippen molar-refractivity contribution >= 4 is 28.1 Å². The molecular formula is C19H18FN3O3S. The van der Waals surface area contributed by atoms with E-state index in [1.165, 1.54) is 36.5 Å². The summed E-state index contributed by atoms with van der Waals surface area (Å²) in [6, 6.07) is 5.85. The van der Waals surface area contributed by atoms with Crippen LogP contribution in [0.2, 0.25) is 0 Å². The number of hydrogen-bond donors (Lipinski definition) is 0. The molecule has 3 aromatic rings. The fourth-order valence-electron chi connectivity index (χ4n) is 2.47. The Kier molecular flexibility index (Phi) is 5.36. The lowest BCUT2D eigenvalue weighted by Gasteiger charge is -2.04. The standard InChI is InChI=1S/C19H18FN3O3S/c1-12(24)26-11-15-10-23-18(16(25)8-9-22(2)3)17(21-19(23)27-15)13-4-6-14(20)7-5-13/h4-10H,11H2,1-3H3/b9-8+. The summed E-state index contributed by atoms with van der Waals surface area (Å²) in [5.74, 6) is -0.963. The number of imidazole rings is 1. The molecule has 2 heterocycles. The minimum atomic E-state index is -0.377. The number of thiazole rings is 1. The van der Waals surface area contributed by atoms with Crippen LogP contribution in [0.5, 0.6) is 0 Å². The van der Waals surface area contributed by atoms with Crippen molar-refractivity contribution in [3.8, 4) is 11.3 Å². The van der Waals surface area contributed by atoms with E-state index >= 15 is 0 Å². The van der Waals surface area contributed by atoms with Gasteiger partial charge in [0, 0.05) is 45.1 Å². The van der Waals surface area contributed by atoms with Gasteiger partial charge >= 0.3 is 5.97 Å². The van der Waals surface area contributed by atoms with E-state index < -0.39 is 0 Å². The van der Waals surface area contributed by atoms with E-state index in [4.69, 9.17) is 4.74 Å². The molecule has 6 nitrogen and oxygen atoms in total. The summed E-state index contributed by atoms with van der Waals surface area (Å²) in [7, 11) is 3.64. The van der Waals surface area contributed by atoms with Crippen LogP contribution in [-0.4, -0.2) is 40.1 Å². The van der Waals surface area contributed by atoms with Crippen LogP contribution in [0.3, 0.4) is 0 Å². The van der Waals surface area contributed by atoms with E-state index in [0.717, 1.165) is 4.88 Å². The molecule has 0 saturated carbocycles. The molecule has 140 valence electrons. The molecule has 27 heavy (non-hydrogen) atoms. The van der Waals surface area contributed by atoms with Crippen LogP contribution in [0.4, 0.5) is 4.39 Å². The van der Waals surface area contributed by atoms with E-state index in [1.807, 2.05) is 14.1 Å². The largest absolute Gasteiger partial charge is 0.460 e.